The molecule has 0 spiro atoms. The molecule has 0 radical (unpaired) electrons. The van der Waals surface area contributed by atoms with Crippen molar-refractivity contribution in [3.8, 4) is 0 Å². The lowest BCUT2D eigenvalue weighted by molar-refractivity contribution is 0.388. The van der Waals surface area contributed by atoms with Crippen LogP contribution in [0.5, 0.6) is 0 Å². The molecule has 25 heavy (non-hydrogen) atoms. The van der Waals surface area contributed by atoms with E-state index in [4.69, 9.17) is 4.52 Å². The number of fused-ring (bicyclic) bond motifs is 1. The zero-order chi connectivity index (χ0) is 17.2. The average Bonchev–Trinajstić information content (AvgIpc) is 3.20. The number of hydrogen-bond donors (Lipinski definition) is 1. The fourth-order valence-corrected chi connectivity index (χ4v) is 2.64. The van der Waals surface area contributed by atoms with Gasteiger partial charge in [0.15, 0.2) is 11.6 Å². The summed E-state index contributed by atoms with van der Waals surface area (Å²) >= 11 is 0. The highest BCUT2D eigenvalue weighted by Gasteiger charge is 2.13. The van der Waals surface area contributed by atoms with E-state index in [2.05, 4.69) is 35.4 Å². The van der Waals surface area contributed by atoms with E-state index in [0.29, 0.717) is 30.6 Å². The summed E-state index contributed by atoms with van der Waals surface area (Å²) in [7, 11) is 0. The molecule has 126 valence electrons. The van der Waals surface area contributed by atoms with Crippen molar-refractivity contribution < 1.29 is 4.52 Å². The lowest BCUT2D eigenvalue weighted by atomic mass is 10.3. The molecular formula is C16H16N8O. The minimum Gasteiger partial charge on any atom is -0.361 e. The fraction of sp³-hybridized carbons (Fsp3) is 0.250. The van der Waals surface area contributed by atoms with Gasteiger partial charge in [-0.25, -0.2) is 9.97 Å². The Morgan fingerprint density at radius 1 is 1.16 bits per heavy atom. The second-order valence-electron chi connectivity index (χ2n) is 5.58. The summed E-state index contributed by atoms with van der Waals surface area (Å²) in [6.45, 7) is 4.62. The maximum atomic E-state index is 5.00. The molecule has 1 N–H and O–H groups in total. The number of anilines is 1. The second-order valence-corrected chi connectivity index (χ2v) is 5.58. The Morgan fingerprint density at radius 3 is 2.84 bits per heavy atom. The lowest BCUT2D eigenvalue weighted by Gasteiger charge is -2.10. The fourth-order valence-electron chi connectivity index (χ4n) is 2.64. The molecule has 4 aromatic rings. The smallest absolute Gasteiger partial charge is 0.223 e. The van der Waals surface area contributed by atoms with Gasteiger partial charge in [-0.2, -0.15) is 4.98 Å². The van der Waals surface area contributed by atoms with Crippen LogP contribution in [0.3, 0.4) is 0 Å². The number of aryl methyl sites for hydroxylation is 2. The quantitative estimate of drug-likeness (QED) is 0.588. The number of rotatable bonds is 5. The van der Waals surface area contributed by atoms with Crippen LogP contribution < -0.4 is 5.32 Å². The van der Waals surface area contributed by atoms with E-state index in [-0.39, 0.29) is 0 Å². The normalized spacial score (nSPS) is 11.1. The molecular weight excluding hydrogens is 320 g/mol. The third-order valence-electron chi connectivity index (χ3n) is 3.65. The molecule has 9 heteroatoms. The van der Waals surface area contributed by atoms with Crippen molar-refractivity contribution >= 4 is 16.9 Å². The molecule has 0 aromatic carbocycles. The first-order valence-corrected chi connectivity index (χ1v) is 7.80. The lowest BCUT2D eigenvalue weighted by Crippen LogP contribution is -2.08. The Kier molecular flexibility index (Phi) is 3.81. The van der Waals surface area contributed by atoms with Gasteiger partial charge in [0.1, 0.15) is 11.3 Å². The van der Waals surface area contributed by atoms with Crippen LogP contribution in [0.4, 0.5) is 5.82 Å². The molecule has 9 nitrogen and oxygen atoms in total. The highest BCUT2D eigenvalue weighted by molar-refractivity contribution is 5.86. The van der Waals surface area contributed by atoms with Crippen LogP contribution in [-0.2, 0) is 13.1 Å². The Labute approximate surface area is 143 Å². The Balaban J connectivity index is 1.68. The van der Waals surface area contributed by atoms with Gasteiger partial charge < -0.3 is 14.4 Å². The van der Waals surface area contributed by atoms with Gasteiger partial charge in [0.25, 0.3) is 0 Å². The van der Waals surface area contributed by atoms with Crippen molar-refractivity contribution in [3.63, 3.8) is 0 Å². The average molecular weight is 336 g/mol. The molecule has 0 fully saturated rings. The highest BCUT2D eigenvalue weighted by atomic mass is 16.5. The maximum Gasteiger partial charge on any atom is 0.223 e. The summed E-state index contributed by atoms with van der Waals surface area (Å²) < 4.78 is 7.04. The molecule has 0 atom stereocenters. The molecule has 0 aliphatic rings. The molecule has 0 aliphatic heterocycles. The van der Waals surface area contributed by atoms with Crippen molar-refractivity contribution in [2.24, 2.45) is 0 Å². The van der Waals surface area contributed by atoms with Crippen LogP contribution in [0.15, 0.2) is 35.4 Å². The van der Waals surface area contributed by atoms with Crippen LogP contribution in [-0.4, -0.2) is 34.6 Å². The van der Waals surface area contributed by atoms with E-state index < -0.39 is 0 Å². The zero-order valence-corrected chi connectivity index (χ0v) is 13.8. The first-order valence-electron chi connectivity index (χ1n) is 7.80. The van der Waals surface area contributed by atoms with Gasteiger partial charge in [-0.1, -0.05) is 5.16 Å². The van der Waals surface area contributed by atoms with Gasteiger partial charge in [0.2, 0.25) is 5.89 Å². The van der Waals surface area contributed by atoms with Gasteiger partial charge in [-0.15, -0.1) is 0 Å². The SMILES string of the molecule is Cc1nc(NCc2noc(C)n2)c2c(ccn2Cc2cnccn2)n1. The Morgan fingerprint density at radius 2 is 2.08 bits per heavy atom. The van der Waals surface area contributed by atoms with Crippen molar-refractivity contribution in [1.82, 2.24) is 34.6 Å². The van der Waals surface area contributed by atoms with Gasteiger partial charge in [0, 0.05) is 25.5 Å². The molecule has 4 aromatic heterocycles. The van der Waals surface area contributed by atoms with Crippen LogP contribution in [0.1, 0.15) is 23.2 Å². The first kappa shape index (κ1) is 15.2. The molecule has 0 aliphatic carbocycles. The Hall–Kier alpha value is -3.36. The standard InChI is InChI=1S/C16H16N8O/c1-10-20-13-3-6-24(9-12-7-17-4-5-18-12)15(13)16(21-10)19-8-14-22-11(2)25-23-14/h3-7H,8-9H2,1-2H3,(H,19,20,21). The van der Waals surface area contributed by atoms with Crippen molar-refractivity contribution in [2.75, 3.05) is 5.32 Å². The minimum absolute atomic E-state index is 0.416. The van der Waals surface area contributed by atoms with Gasteiger partial charge in [0.05, 0.1) is 30.5 Å². The highest BCUT2D eigenvalue weighted by Crippen LogP contribution is 2.23. The Bertz CT molecular complexity index is 1010. The van der Waals surface area contributed by atoms with Crippen LogP contribution >= 0.6 is 0 Å². The van der Waals surface area contributed by atoms with E-state index in [1.165, 1.54) is 0 Å². The molecule has 0 saturated heterocycles. The van der Waals surface area contributed by atoms with Crippen LogP contribution in [0.2, 0.25) is 0 Å². The van der Waals surface area contributed by atoms with E-state index in [0.717, 1.165) is 22.5 Å². The van der Waals surface area contributed by atoms with Crippen LogP contribution in [0, 0.1) is 13.8 Å². The molecule has 0 amide bonds. The largest absolute Gasteiger partial charge is 0.361 e. The molecule has 0 unspecified atom stereocenters. The monoisotopic (exact) mass is 336 g/mol. The molecule has 4 rings (SSSR count). The first-order chi connectivity index (χ1) is 12.2. The molecule has 4 heterocycles. The predicted molar refractivity (Wildman–Crippen MR) is 89.8 cm³/mol. The zero-order valence-electron chi connectivity index (χ0n) is 13.8. The number of nitrogens with zero attached hydrogens (tertiary/aromatic N) is 7. The van der Waals surface area contributed by atoms with Gasteiger partial charge in [-0.3, -0.25) is 9.97 Å². The predicted octanol–water partition coefficient (Wildman–Crippen LogP) is 1.88. The van der Waals surface area contributed by atoms with E-state index in [9.17, 15) is 0 Å². The van der Waals surface area contributed by atoms with Gasteiger partial charge in [-0.05, 0) is 13.0 Å². The molecule has 0 bridgehead atoms. The summed E-state index contributed by atoms with van der Waals surface area (Å²) in [6.07, 6.45) is 7.05. The summed E-state index contributed by atoms with van der Waals surface area (Å²) in [5, 5.41) is 7.17. The van der Waals surface area contributed by atoms with Crippen LogP contribution in [0.25, 0.3) is 11.0 Å². The summed E-state index contributed by atoms with van der Waals surface area (Å²) in [5.74, 6) is 2.52. The third-order valence-corrected chi connectivity index (χ3v) is 3.65. The summed E-state index contributed by atoms with van der Waals surface area (Å²) in [5.41, 5.74) is 2.62. The summed E-state index contributed by atoms with van der Waals surface area (Å²) in [4.78, 5) is 21.7. The van der Waals surface area contributed by atoms with Gasteiger partial charge >= 0.3 is 0 Å². The van der Waals surface area contributed by atoms with E-state index in [1.807, 2.05) is 23.8 Å². The van der Waals surface area contributed by atoms with E-state index >= 15 is 0 Å². The topological polar surface area (TPSA) is 107 Å². The van der Waals surface area contributed by atoms with Crippen molar-refractivity contribution in [3.05, 3.63) is 54.1 Å². The number of hydrogen-bond acceptors (Lipinski definition) is 8. The second kappa shape index (κ2) is 6.27. The van der Waals surface area contributed by atoms with Crippen molar-refractivity contribution in [1.29, 1.82) is 0 Å². The number of nitrogens with one attached hydrogen (secondary N) is 1. The maximum absolute atomic E-state index is 5.00. The minimum atomic E-state index is 0.416. The third kappa shape index (κ3) is 3.16. The number of aromatic nitrogens is 7. The van der Waals surface area contributed by atoms with Crippen molar-refractivity contribution in [2.45, 2.75) is 26.9 Å². The summed E-state index contributed by atoms with van der Waals surface area (Å²) in [6, 6.07) is 1.96. The molecule has 0 saturated carbocycles. The van der Waals surface area contributed by atoms with E-state index in [1.54, 1.807) is 25.5 Å².